The molecule has 1 saturated heterocycles. The van der Waals surface area contributed by atoms with Crippen molar-refractivity contribution in [2.45, 2.75) is 6.92 Å². The SMILES string of the molecule is CCOC(=O)c1cn(-c2ccc3nc(N4CCOCC4)sc3c2)c(-c2ccc(Br)c(Cl)c2)cc1=O. The molecule has 0 saturated carbocycles. The minimum absolute atomic E-state index is 0.0304. The highest BCUT2D eigenvalue weighted by atomic mass is 79.9. The number of halogens is 2. The molecule has 0 aliphatic carbocycles. The number of carbonyl (C=O) groups is 1. The van der Waals surface area contributed by atoms with Gasteiger partial charge in [-0.1, -0.05) is 29.0 Å². The molecule has 10 heteroatoms. The zero-order chi connectivity index (χ0) is 24.5. The fraction of sp³-hybridized carbons (Fsp3) is 0.240. The molecule has 180 valence electrons. The van der Waals surface area contributed by atoms with Crippen molar-refractivity contribution in [1.29, 1.82) is 0 Å². The first-order chi connectivity index (χ1) is 16.9. The van der Waals surface area contributed by atoms with E-state index < -0.39 is 11.4 Å². The van der Waals surface area contributed by atoms with Crippen molar-refractivity contribution >= 4 is 60.2 Å². The summed E-state index contributed by atoms with van der Waals surface area (Å²) < 4.78 is 14.1. The summed E-state index contributed by atoms with van der Waals surface area (Å²) in [6.45, 7) is 4.88. The van der Waals surface area contributed by atoms with Gasteiger partial charge in [0.15, 0.2) is 10.6 Å². The van der Waals surface area contributed by atoms with E-state index in [1.807, 2.05) is 34.9 Å². The number of hydrogen-bond acceptors (Lipinski definition) is 7. The molecule has 0 amide bonds. The third-order valence-electron chi connectivity index (χ3n) is 5.68. The smallest absolute Gasteiger partial charge is 0.343 e. The summed E-state index contributed by atoms with van der Waals surface area (Å²) >= 11 is 11.4. The Morgan fingerprint density at radius 2 is 2.00 bits per heavy atom. The van der Waals surface area contributed by atoms with Gasteiger partial charge in [-0.15, -0.1) is 0 Å². The van der Waals surface area contributed by atoms with Crippen molar-refractivity contribution in [2.75, 3.05) is 37.8 Å². The number of thiazole rings is 1. The van der Waals surface area contributed by atoms with Gasteiger partial charge in [-0.2, -0.15) is 0 Å². The van der Waals surface area contributed by atoms with Crippen molar-refractivity contribution in [1.82, 2.24) is 9.55 Å². The van der Waals surface area contributed by atoms with Gasteiger partial charge in [0.25, 0.3) is 0 Å². The lowest BCUT2D eigenvalue weighted by Crippen LogP contribution is -2.36. The molecule has 1 fully saturated rings. The number of hydrogen-bond donors (Lipinski definition) is 0. The predicted molar refractivity (Wildman–Crippen MR) is 142 cm³/mol. The van der Waals surface area contributed by atoms with Crippen molar-refractivity contribution in [2.24, 2.45) is 0 Å². The van der Waals surface area contributed by atoms with Crippen molar-refractivity contribution in [3.63, 3.8) is 0 Å². The van der Waals surface area contributed by atoms with Crippen LogP contribution in [0.3, 0.4) is 0 Å². The van der Waals surface area contributed by atoms with Crippen LogP contribution in [0.1, 0.15) is 17.3 Å². The molecular weight excluding hydrogens is 554 g/mol. The number of fused-ring (bicyclic) bond motifs is 1. The van der Waals surface area contributed by atoms with E-state index in [2.05, 4.69) is 20.8 Å². The number of esters is 1. The summed E-state index contributed by atoms with van der Waals surface area (Å²) in [6, 6.07) is 12.8. The van der Waals surface area contributed by atoms with Crippen LogP contribution in [0, 0.1) is 0 Å². The molecule has 0 radical (unpaired) electrons. The number of anilines is 1. The van der Waals surface area contributed by atoms with E-state index in [-0.39, 0.29) is 12.2 Å². The molecule has 2 aromatic carbocycles. The summed E-state index contributed by atoms with van der Waals surface area (Å²) in [5.41, 5.74) is 2.58. The Bertz CT molecular complexity index is 1480. The number of carbonyl (C=O) groups excluding carboxylic acids is 1. The number of morpholine rings is 1. The van der Waals surface area contributed by atoms with Gasteiger partial charge in [0, 0.05) is 41.1 Å². The Morgan fingerprint density at radius 3 is 2.74 bits per heavy atom. The van der Waals surface area contributed by atoms with Crippen LogP contribution in [-0.4, -0.2) is 48.4 Å². The monoisotopic (exact) mass is 573 g/mol. The first-order valence-corrected chi connectivity index (χ1v) is 13.1. The van der Waals surface area contributed by atoms with Gasteiger partial charge in [0.05, 0.1) is 40.8 Å². The molecule has 35 heavy (non-hydrogen) atoms. The van der Waals surface area contributed by atoms with Gasteiger partial charge < -0.3 is 18.9 Å². The third kappa shape index (κ3) is 4.86. The van der Waals surface area contributed by atoms with E-state index in [4.69, 9.17) is 26.1 Å². The van der Waals surface area contributed by atoms with E-state index in [9.17, 15) is 9.59 Å². The molecule has 0 bridgehead atoms. The highest BCUT2D eigenvalue weighted by Crippen LogP contribution is 2.33. The lowest BCUT2D eigenvalue weighted by Gasteiger charge is -2.25. The number of pyridine rings is 1. The number of nitrogens with zero attached hydrogens (tertiary/aromatic N) is 3. The van der Waals surface area contributed by atoms with Crippen LogP contribution in [0.4, 0.5) is 5.13 Å². The number of rotatable bonds is 5. The maximum absolute atomic E-state index is 12.9. The minimum Gasteiger partial charge on any atom is -0.462 e. The Labute approximate surface area is 219 Å². The van der Waals surface area contributed by atoms with Crippen LogP contribution in [0.5, 0.6) is 0 Å². The second-order valence-corrected chi connectivity index (χ2v) is 10.2. The van der Waals surface area contributed by atoms with Gasteiger partial charge in [-0.25, -0.2) is 9.78 Å². The maximum atomic E-state index is 12.9. The van der Waals surface area contributed by atoms with Gasteiger partial charge in [-0.05, 0) is 53.2 Å². The quantitative estimate of drug-likeness (QED) is 0.291. The minimum atomic E-state index is -0.653. The summed E-state index contributed by atoms with van der Waals surface area (Å²) in [7, 11) is 0. The van der Waals surface area contributed by atoms with Crippen LogP contribution in [0.15, 0.2) is 57.9 Å². The van der Waals surface area contributed by atoms with E-state index >= 15 is 0 Å². The molecule has 1 aliphatic heterocycles. The molecular formula is C25H21BrClN3O4S. The molecule has 0 N–H and O–H groups in total. The Kier molecular flexibility index (Phi) is 6.93. The average molecular weight is 575 g/mol. The molecule has 7 nitrogen and oxygen atoms in total. The number of aromatic nitrogens is 2. The largest absolute Gasteiger partial charge is 0.462 e. The second-order valence-electron chi connectivity index (χ2n) is 7.90. The molecule has 3 heterocycles. The normalized spacial score (nSPS) is 13.9. The number of ether oxygens (including phenoxy) is 2. The predicted octanol–water partition coefficient (Wildman–Crippen LogP) is 5.54. The zero-order valence-corrected chi connectivity index (χ0v) is 22.0. The standard InChI is InChI=1S/C25H21BrClN3O4S/c1-2-34-24(32)17-14-30(21(13-22(17)31)15-3-5-18(26)19(27)11-15)16-4-6-20-23(12-16)35-25(28-20)29-7-9-33-10-8-29/h3-6,11-14H,2,7-10H2,1H3. The molecule has 2 aromatic heterocycles. The second kappa shape index (κ2) is 10.1. The maximum Gasteiger partial charge on any atom is 0.343 e. The van der Waals surface area contributed by atoms with Crippen molar-refractivity contribution in [3.8, 4) is 16.9 Å². The molecule has 0 atom stereocenters. The highest BCUT2D eigenvalue weighted by Gasteiger charge is 2.19. The fourth-order valence-corrected chi connectivity index (χ4v) is 5.41. The van der Waals surface area contributed by atoms with Crippen LogP contribution >= 0.6 is 38.9 Å². The Balaban J connectivity index is 1.65. The summed E-state index contributed by atoms with van der Waals surface area (Å²) in [5, 5.41) is 1.47. The van der Waals surface area contributed by atoms with Crippen LogP contribution in [0.25, 0.3) is 27.2 Å². The summed E-state index contributed by atoms with van der Waals surface area (Å²) in [4.78, 5) is 32.4. The van der Waals surface area contributed by atoms with Gasteiger partial charge >= 0.3 is 5.97 Å². The lowest BCUT2D eigenvalue weighted by atomic mass is 10.1. The molecule has 0 spiro atoms. The van der Waals surface area contributed by atoms with Crippen LogP contribution in [0.2, 0.25) is 5.02 Å². The van der Waals surface area contributed by atoms with E-state index in [0.717, 1.165) is 44.2 Å². The fourth-order valence-electron chi connectivity index (χ4n) is 3.93. The molecule has 1 aliphatic rings. The molecule has 0 unspecified atom stereocenters. The van der Waals surface area contributed by atoms with Crippen molar-refractivity contribution in [3.05, 3.63) is 73.9 Å². The van der Waals surface area contributed by atoms with Gasteiger partial charge in [0.1, 0.15) is 5.56 Å². The first-order valence-electron chi connectivity index (χ1n) is 11.1. The van der Waals surface area contributed by atoms with E-state index in [1.165, 1.54) is 12.3 Å². The van der Waals surface area contributed by atoms with E-state index in [0.29, 0.717) is 23.9 Å². The van der Waals surface area contributed by atoms with Crippen LogP contribution < -0.4 is 10.3 Å². The van der Waals surface area contributed by atoms with Gasteiger partial charge in [0.2, 0.25) is 0 Å². The third-order valence-corrected chi connectivity index (χ3v) is 7.99. The summed E-state index contributed by atoms with van der Waals surface area (Å²) in [6.07, 6.45) is 1.54. The Hall–Kier alpha value is -2.72. The topological polar surface area (TPSA) is 73.7 Å². The lowest BCUT2D eigenvalue weighted by molar-refractivity contribution is 0.0524. The van der Waals surface area contributed by atoms with E-state index in [1.54, 1.807) is 24.3 Å². The zero-order valence-electron chi connectivity index (χ0n) is 18.8. The van der Waals surface area contributed by atoms with Crippen molar-refractivity contribution < 1.29 is 14.3 Å². The molecule has 5 rings (SSSR count). The van der Waals surface area contributed by atoms with Crippen LogP contribution in [-0.2, 0) is 9.47 Å². The number of benzene rings is 2. The highest BCUT2D eigenvalue weighted by molar-refractivity contribution is 9.10. The average Bonchev–Trinajstić information content (AvgIpc) is 3.30. The molecule has 4 aromatic rings. The Morgan fingerprint density at radius 1 is 1.20 bits per heavy atom. The first kappa shape index (κ1) is 24.0. The summed E-state index contributed by atoms with van der Waals surface area (Å²) in [5.74, 6) is -0.653. The van der Waals surface area contributed by atoms with Gasteiger partial charge in [-0.3, -0.25) is 4.79 Å².